The molecular weight excluding hydrogens is 299 g/mol. The molecule has 0 spiro atoms. The zero-order valence-corrected chi connectivity index (χ0v) is 14.4. The Kier molecular flexibility index (Phi) is 10.2. The molecule has 0 aromatic rings. The third-order valence-corrected chi connectivity index (χ3v) is 6.11. The Bertz CT molecular complexity index is 359. The molecule has 0 aliphatic carbocycles. The summed E-state index contributed by atoms with van der Waals surface area (Å²) in [5, 5.41) is 0.152. The molecule has 0 aliphatic heterocycles. The smallest absolute Gasteiger partial charge is 0.306 e. The van der Waals surface area contributed by atoms with Crippen molar-refractivity contribution in [2.75, 3.05) is 25.5 Å². The number of hydrogen-bond donors (Lipinski definition) is 0. The van der Waals surface area contributed by atoms with E-state index in [1.807, 2.05) is 6.92 Å². The molecule has 5 nitrogen and oxygen atoms in total. The van der Waals surface area contributed by atoms with E-state index in [2.05, 4.69) is 0 Å². The minimum absolute atomic E-state index is 0.0512. The number of carbonyl (C=O) groups is 2. The highest BCUT2D eigenvalue weighted by molar-refractivity contribution is 8.14. The first-order chi connectivity index (χ1) is 9.33. The van der Waals surface area contributed by atoms with Gasteiger partial charge in [0.05, 0.1) is 19.6 Å². The molecule has 2 atom stereocenters. The van der Waals surface area contributed by atoms with Crippen molar-refractivity contribution >= 4 is 30.2 Å². The second-order valence-electron chi connectivity index (χ2n) is 4.44. The van der Waals surface area contributed by atoms with E-state index in [1.54, 1.807) is 13.8 Å². The quantitative estimate of drug-likeness (QED) is 0.453. The number of carbonyl (C=O) groups excluding carboxylic acids is 2. The van der Waals surface area contributed by atoms with Crippen molar-refractivity contribution in [2.45, 2.75) is 45.8 Å². The summed E-state index contributed by atoms with van der Waals surface area (Å²) < 4.78 is 22.8. The van der Waals surface area contributed by atoms with Crippen molar-refractivity contribution < 1.29 is 23.4 Å². The molecule has 118 valence electrons. The predicted octanol–water partition coefficient (Wildman–Crippen LogP) is 3.31. The molecule has 0 saturated carbocycles. The minimum atomic E-state index is -2.82. The molecule has 2 unspecified atom stereocenters. The topological polar surface area (TPSA) is 69.7 Å². The van der Waals surface area contributed by atoms with Gasteiger partial charge in [-0.3, -0.25) is 14.2 Å². The molecule has 0 aromatic heterocycles. The van der Waals surface area contributed by atoms with Crippen LogP contribution < -0.4 is 0 Å². The van der Waals surface area contributed by atoms with Crippen molar-refractivity contribution in [1.29, 1.82) is 0 Å². The van der Waals surface area contributed by atoms with Gasteiger partial charge < -0.3 is 9.26 Å². The minimum Gasteiger partial charge on any atom is -0.466 e. The fourth-order valence-corrected chi connectivity index (χ4v) is 4.93. The molecule has 0 rings (SSSR count). The van der Waals surface area contributed by atoms with Crippen molar-refractivity contribution in [2.24, 2.45) is 0 Å². The van der Waals surface area contributed by atoms with Gasteiger partial charge >= 0.3 is 5.97 Å². The van der Waals surface area contributed by atoms with Crippen molar-refractivity contribution in [3.05, 3.63) is 0 Å². The molecule has 20 heavy (non-hydrogen) atoms. The Labute approximate surface area is 125 Å². The predicted molar refractivity (Wildman–Crippen MR) is 82.6 cm³/mol. The van der Waals surface area contributed by atoms with Gasteiger partial charge in [0.15, 0.2) is 5.12 Å². The Hall–Kier alpha value is -0.320. The molecule has 0 aliphatic rings. The van der Waals surface area contributed by atoms with E-state index in [4.69, 9.17) is 9.26 Å². The molecule has 0 bridgehead atoms. The Morgan fingerprint density at radius 1 is 1.20 bits per heavy atom. The van der Waals surface area contributed by atoms with Crippen molar-refractivity contribution in [3.63, 3.8) is 0 Å². The second kappa shape index (κ2) is 10.4. The third-order valence-electron chi connectivity index (χ3n) is 2.57. The van der Waals surface area contributed by atoms with Gasteiger partial charge in [0.25, 0.3) is 0 Å². The highest BCUT2D eigenvalue weighted by atomic mass is 32.2. The van der Waals surface area contributed by atoms with Crippen LogP contribution in [0, 0.1) is 0 Å². The third kappa shape index (κ3) is 9.56. The zero-order chi connectivity index (χ0) is 15.6. The van der Waals surface area contributed by atoms with Gasteiger partial charge in [0.2, 0.25) is 7.37 Å². The van der Waals surface area contributed by atoms with Gasteiger partial charge in [-0.05, 0) is 20.3 Å². The largest absolute Gasteiger partial charge is 0.466 e. The second-order valence-corrected chi connectivity index (χ2v) is 8.84. The van der Waals surface area contributed by atoms with Gasteiger partial charge in [-0.15, -0.1) is 0 Å². The zero-order valence-electron chi connectivity index (χ0n) is 12.7. The van der Waals surface area contributed by atoms with Crippen LogP contribution >= 0.6 is 19.1 Å². The summed E-state index contributed by atoms with van der Waals surface area (Å²) in [7, 11) is -2.82. The van der Waals surface area contributed by atoms with Gasteiger partial charge in [-0.25, -0.2) is 0 Å². The number of esters is 1. The molecule has 0 N–H and O–H groups in total. The number of ether oxygens (including phenoxy) is 1. The normalized spacial score (nSPS) is 15.4. The lowest BCUT2D eigenvalue weighted by molar-refractivity contribution is -0.142. The maximum Gasteiger partial charge on any atom is 0.306 e. The first-order valence-corrected chi connectivity index (χ1v) is 9.76. The Morgan fingerprint density at radius 3 is 2.35 bits per heavy atom. The maximum atomic E-state index is 12.6. The van der Waals surface area contributed by atoms with Crippen LogP contribution in [0.1, 0.15) is 40.5 Å². The summed E-state index contributed by atoms with van der Waals surface area (Å²) in [6, 6.07) is 0. The average molecular weight is 324 g/mol. The van der Waals surface area contributed by atoms with E-state index in [-0.39, 0.29) is 28.9 Å². The summed E-state index contributed by atoms with van der Waals surface area (Å²) >= 11 is 1.24. The molecule has 0 radical (unpaired) electrons. The van der Waals surface area contributed by atoms with E-state index >= 15 is 0 Å². The van der Waals surface area contributed by atoms with Crippen LogP contribution in [0.2, 0.25) is 0 Å². The van der Waals surface area contributed by atoms with Crippen LogP contribution in [0.4, 0.5) is 0 Å². The van der Waals surface area contributed by atoms with Crippen LogP contribution in [-0.4, -0.2) is 41.9 Å². The lowest BCUT2D eigenvalue weighted by Crippen LogP contribution is -2.11. The van der Waals surface area contributed by atoms with E-state index in [0.717, 1.165) is 0 Å². The molecule has 7 heteroatoms. The van der Waals surface area contributed by atoms with E-state index in [1.165, 1.54) is 18.7 Å². The standard InChI is InChI=1S/C13H25O5PS/c1-5-17-13(15)8-10-19(16,18-6-2)9-7-11(3)20-12(4)14/h11H,5-10H2,1-4H3. The van der Waals surface area contributed by atoms with E-state index in [0.29, 0.717) is 25.8 Å². The van der Waals surface area contributed by atoms with Crippen LogP contribution in [0.5, 0.6) is 0 Å². The van der Waals surface area contributed by atoms with Crippen LogP contribution in [0.25, 0.3) is 0 Å². The van der Waals surface area contributed by atoms with Gasteiger partial charge in [0.1, 0.15) is 0 Å². The van der Waals surface area contributed by atoms with Gasteiger partial charge in [-0.1, -0.05) is 18.7 Å². The fourth-order valence-electron chi connectivity index (χ4n) is 1.69. The average Bonchev–Trinajstić information content (AvgIpc) is 2.34. The SMILES string of the molecule is CCOC(=O)CCP(=O)(CCC(C)SC(C)=O)OCC. The maximum absolute atomic E-state index is 12.6. The number of thioether (sulfide) groups is 1. The van der Waals surface area contributed by atoms with Crippen LogP contribution in [0.15, 0.2) is 0 Å². The van der Waals surface area contributed by atoms with Crippen LogP contribution in [-0.2, 0) is 23.4 Å². The van der Waals surface area contributed by atoms with Crippen molar-refractivity contribution in [3.8, 4) is 0 Å². The van der Waals surface area contributed by atoms with Crippen LogP contribution in [0.3, 0.4) is 0 Å². The summed E-state index contributed by atoms with van der Waals surface area (Å²) in [5.41, 5.74) is 0. The van der Waals surface area contributed by atoms with E-state index in [9.17, 15) is 14.2 Å². The molecular formula is C13H25O5PS. The number of rotatable bonds is 10. The first kappa shape index (κ1) is 19.7. The summed E-state index contributed by atoms with van der Waals surface area (Å²) in [6.45, 7) is 7.64. The first-order valence-electron chi connectivity index (χ1n) is 6.88. The fraction of sp³-hybridized carbons (Fsp3) is 0.846. The monoisotopic (exact) mass is 324 g/mol. The molecule has 0 amide bonds. The number of hydrogen-bond acceptors (Lipinski definition) is 6. The summed E-state index contributed by atoms with van der Waals surface area (Å²) in [6.07, 6.45) is 1.34. The summed E-state index contributed by atoms with van der Waals surface area (Å²) in [4.78, 5) is 22.3. The molecule has 0 heterocycles. The highest BCUT2D eigenvalue weighted by Crippen LogP contribution is 2.48. The Balaban J connectivity index is 4.33. The molecule has 0 saturated heterocycles. The Morgan fingerprint density at radius 2 is 1.85 bits per heavy atom. The summed E-state index contributed by atoms with van der Waals surface area (Å²) in [5.74, 6) is -0.349. The lowest BCUT2D eigenvalue weighted by atomic mass is 10.4. The van der Waals surface area contributed by atoms with Crippen molar-refractivity contribution in [1.82, 2.24) is 0 Å². The van der Waals surface area contributed by atoms with Gasteiger partial charge in [0, 0.05) is 24.5 Å². The lowest BCUT2D eigenvalue weighted by Gasteiger charge is -2.19. The van der Waals surface area contributed by atoms with Gasteiger partial charge in [-0.2, -0.15) is 0 Å². The molecule has 0 fully saturated rings. The highest BCUT2D eigenvalue weighted by Gasteiger charge is 2.25. The molecule has 0 aromatic carbocycles. The van der Waals surface area contributed by atoms with E-state index < -0.39 is 7.37 Å².